The number of rotatable bonds is 2. The summed E-state index contributed by atoms with van der Waals surface area (Å²) in [5.41, 5.74) is 8.99. The molecule has 1 aromatic rings. The number of hydrogen-bond donors (Lipinski definition) is 9. The topological polar surface area (TPSA) is 211 Å². The summed E-state index contributed by atoms with van der Waals surface area (Å²) in [6, 6.07) is 2.68. The molecule has 1 aromatic carbocycles. The molecular formula is C62H87N5O8S2. The predicted molar refractivity (Wildman–Crippen MR) is 302 cm³/mol. The van der Waals surface area contributed by atoms with Gasteiger partial charge in [0.1, 0.15) is 12.2 Å². The quantitative estimate of drug-likeness (QED) is 0.0448. The van der Waals surface area contributed by atoms with Gasteiger partial charge in [0, 0.05) is 71.7 Å². The molecule has 17 unspecified atom stereocenters. The molecule has 2 saturated heterocycles. The molecule has 77 heavy (non-hydrogen) atoms. The number of esters is 1. The molecule has 8 aliphatic carbocycles. The number of aliphatic hydroxyl groups is 4. The zero-order chi connectivity index (χ0) is 53.0. The summed E-state index contributed by atoms with van der Waals surface area (Å²) in [6.45, 7) is 3.04. The lowest BCUT2D eigenvalue weighted by molar-refractivity contribution is -0.152. The highest BCUT2D eigenvalue weighted by molar-refractivity contribution is 8.77. The Labute approximate surface area is 464 Å². The van der Waals surface area contributed by atoms with Crippen LogP contribution in [0.1, 0.15) is 178 Å². The molecule has 0 radical (unpaired) electrons. The average Bonchev–Trinajstić information content (AvgIpc) is 3.82. The largest absolute Gasteiger partial charge is 0.504 e. The molecule has 6 spiro atoms. The van der Waals surface area contributed by atoms with Gasteiger partial charge in [0.2, 0.25) is 0 Å². The van der Waals surface area contributed by atoms with Crippen LogP contribution in [0.25, 0.3) is 0 Å². The molecule has 15 heteroatoms. The van der Waals surface area contributed by atoms with Gasteiger partial charge in [0.25, 0.3) is 0 Å². The summed E-state index contributed by atoms with van der Waals surface area (Å²) in [7, 11) is 4.19. The fourth-order valence-corrected chi connectivity index (χ4v) is 23.4. The monoisotopic (exact) mass is 1090 g/mol. The normalized spacial score (nSPS) is 45.0. The SMILES string of the molecule is CC(=O)OC1CC(O)CCC23C#CC4CCCC5(CC(CCN5)Oc5cc(c(C(O)O)cc5O)CC41)C1CCC(CN1)SSCC1(CC45CC6C(=CC4CCC54CCCC4)CCC4CCCC461)NC(N)=NC2C=CCC3O. The lowest BCUT2D eigenvalue weighted by atomic mass is 9.37. The maximum absolute atomic E-state index is 13.2. The summed E-state index contributed by atoms with van der Waals surface area (Å²) in [5, 5.41) is 71.3. The van der Waals surface area contributed by atoms with Crippen LogP contribution in [0.2, 0.25) is 0 Å². The zero-order valence-electron chi connectivity index (χ0n) is 45.5. The third-order valence-electron chi connectivity index (χ3n) is 23.6. The predicted octanol–water partition coefficient (Wildman–Crippen LogP) is 8.41. The molecule has 0 amide bonds. The van der Waals surface area contributed by atoms with Gasteiger partial charge in [-0.3, -0.25) is 4.79 Å². The van der Waals surface area contributed by atoms with Gasteiger partial charge >= 0.3 is 5.97 Å². The maximum Gasteiger partial charge on any atom is 0.302 e. The van der Waals surface area contributed by atoms with Gasteiger partial charge in [-0.25, -0.2) is 4.99 Å². The van der Waals surface area contributed by atoms with Crippen LogP contribution < -0.4 is 26.4 Å². The third-order valence-corrected chi connectivity index (χ3v) is 26.6. The van der Waals surface area contributed by atoms with Gasteiger partial charge in [0.15, 0.2) is 23.7 Å². The number of aliphatic hydroxyl groups excluding tert-OH is 3. The first-order valence-corrected chi connectivity index (χ1v) is 32.8. The Balaban J connectivity index is 0.979. The minimum Gasteiger partial charge on any atom is -0.504 e. The van der Waals surface area contributed by atoms with Gasteiger partial charge < -0.3 is 56.7 Å². The number of fused-ring (bicyclic) bond motifs is 8. The fourth-order valence-electron chi connectivity index (χ4n) is 20.3. The number of benzene rings is 1. The first-order chi connectivity index (χ1) is 37.2. The van der Waals surface area contributed by atoms with Crippen LogP contribution in [-0.4, -0.2) is 109 Å². The molecular weight excluding hydrogens is 1010 g/mol. The van der Waals surface area contributed by atoms with E-state index in [4.69, 9.17) is 20.2 Å². The van der Waals surface area contributed by atoms with Gasteiger partial charge in [0.05, 0.1) is 29.2 Å². The summed E-state index contributed by atoms with van der Waals surface area (Å²) in [4.78, 5) is 18.8. The highest BCUT2D eigenvalue weighted by Gasteiger charge is 2.75. The van der Waals surface area contributed by atoms with Crippen molar-refractivity contribution in [2.75, 3.05) is 18.8 Å². The highest BCUT2D eigenvalue weighted by Crippen LogP contribution is 2.80. The van der Waals surface area contributed by atoms with Crippen molar-refractivity contribution in [3.05, 3.63) is 47.1 Å². The van der Waals surface area contributed by atoms with E-state index in [0.29, 0.717) is 59.2 Å². The number of aromatic hydroxyl groups is 1. The molecule has 5 heterocycles. The van der Waals surface area contributed by atoms with E-state index < -0.39 is 53.9 Å². The van der Waals surface area contributed by atoms with Gasteiger partial charge in [-0.2, -0.15) is 0 Å². The lowest BCUT2D eigenvalue weighted by Crippen LogP contribution is -2.74. The van der Waals surface area contributed by atoms with E-state index in [1.165, 1.54) is 90.0 Å². The van der Waals surface area contributed by atoms with Crippen LogP contribution in [0.4, 0.5) is 0 Å². The Morgan fingerprint density at radius 3 is 2.65 bits per heavy atom. The second kappa shape index (κ2) is 20.5. The molecule has 14 rings (SSSR count). The first kappa shape index (κ1) is 53.4. The second-order valence-corrected chi connectivity index (χ2v) is 29.6. The standard InChI is InChI=1S/C62H87N5O8S2/c1-37(68)74-50-30-43(69)17-25-58-24-15-38-7-5-21-60(32-44(18-26-65-60)75-51-29-40(28-46(38)50)47(55(72)73)31-49(51)70)53-14-13-45(34-64-53)77-76-36-61(67-56(63)66-52(58)9-4-10-54(58)71)35-59-33-48-39(11-12-41-8-6-22-62(41,48)61)27-42(59)16-23-57(59)19-2-3-20-57/h4,9,27,29,31,38,41-46,48,50,52-55,64-65,69-73H,2-3,5-8,10-14,16-23,25-26,28,30,32-36H2,1H3,(H3,63,66,67). The number of hydrogen-bond acceptors (Lipinski definition) is 15. The van der Waals surface area contributed by atoms with Crippen LogP contribution in [0.15, 0.2) is 40.9 Å². The number of aliphatic imine (C=N–C) groups is 1. The van der Waals surface area contributed by atoms with Gasteiger partial charge in [-0.05, 0) is 175 Å². The van der Waals surface area contributed by atoms with Crippen LogP contribution >= 0.6 is 21.6 Å². The molecule has 17 atom stereocenters. The highest BCUT2D eigenvalue weighted by atomic mass is 33.1. The Bertz CT molecular complexity index is 2590. The van der Waals surface area contributed by atoms with E-state index in [9.17, 15) is 30.3 Å². The van der Waals surface area contributed by atoms with Crippen molar-refractivity contribution in [3.63, 3.8) is 0 Å². The van der Waals surface area contributed by atoms with Gasteiger partial charge in [-0.1, -0.05) is 82.9 Å². The van der Waals surface area contributed by atoms with E-state index in [1.807, 2.05) is 6.08 Å². The molecule has 5 saturated carbocycles. The van der Waals surface area contributed by atoms with Crippen molar-refractivity contribution in [2.24, 2.45) is 62.0 Å². The third kappa shape index (κ3) is 8.86. The number of nitrogens with one attached hydrogen (secondary N) is 3. The van der Waals surface area contributed by atoms with Crippen molar-refractivity contribution in [3.8, 4) is 23.3 Å². The van der Waals surface area contributed by atoms with E-state index in [2.05, 4.69) is 61.5 Å². The maximum atomic E-state index is 13.2. The number of carbonyl (C=O) groups is 1. The number of phenolic OH excluding ortho intramolecular Hbond substituents is 1. The molecule has 13 aliphatic rings. The molecule has 7 fully saturated rings. The van der Waals surface area contributed by atoms with Crippen molar-refractivity contribution >= 4 is 33.5 Å². The molecule has 10 N–H and O–H groups in total. The van der Waals surface area contributed by atoms with Crippen LogP contribution in [0.3, 0.4) is 0 Å². The van der Waals surface area contributed by atoms with Crippen LogP contribution in [-0.2, 0) is 16.0 Å². The Morgan fingerprint density at radius 1 is 0.974 bits per heavy atom. The number of piperidine rings is 2. The van der Waals surface area contributed by atoms with Gasteiger partial charge in [-0.15, -0.1) is 0 Å². The molecule has 10 bridgehead atoms. The smallest absolute Gasteiger partial charge is 0.302 e. The number of nitrogens with zero attached hydrogens (tertiary/aromatic N) is 1. The lowest BCUT2D eigenvalue weighted by Gasteiger charge is -2.70. The number of ether oxygens (including phenoxy) is 2. The summed E-state index contributed by atoms with van der Waals surface area (Å²) < 4.78 is 13.1. The Hall–Kier alpha value is -2.94. The Morgan fingerprint density at radius 2 is 1.83 bits per heavy atom. The van der Waals surface area contributed by atoms with E-state index in [-0.39, 0.29) is 70.4 Å². The summed E-state index contributed by atoms with van der Waals surface area (Å²) in [5.74, 6) is 9.48. The van der Waals surface area contributed by atoms with Crippen molar-refractivity contribution in [1.29, 1.82) is 0 Å². The number of nitrogens with two attached hydrogens (primary N) is 1. The van der Waals surface area contributed by atoms with Crippen molar-refractivity contribution in [1.82, 2.24) is 16.0 Å². The van der Waals surface area contributed by atoms with Crippen molar-refractivity contribution in [2.45, 2.75) is 227 Å². The molecule has 13 nitrogen and oxygen atoms in total. The number of allylic oxidation sites excluding steroid dienone is 2. The Kier molecular flexibility index (Phi) is 14.2. The van der Waals surface area contributed by atoms with Crippen LogP contribution in [0.5, 0.6) is 11.5 Å². The molecule has 420 valence electrons. The molecule has 5 aliphatic heterocycles. The number of phenols is 1. The van der Waals surface area contributed by atoms with Crippen LogP contribution in [0, 0.1) is 63.1 Å². The zero-order valence-corrected chi connectivity index (χ0v) is 47.1. The van der Waals surface area contributed by atoms with E-state index in [0.717, 1.165) is 63.8 Å². The van der Waals surface area contributed by atoms with E-state index in [1.54, 1.807) is 11.6 Å². The first-order valence-electron chi connectivity index (χ1n) is 30.4. The van der Waals surface area contributed by atoms with Crippen molar-refractivity contribution < 1.29 is 39.8 Å². The average molecular weight is 1090 g/mol. The number of guanidine groups is 1. The summed E-state index contributed by atoms with van der Waals surface area (Å²) >= 11 is 0. The minimum atomic E-state index is -1.90. The fraction of sp³-hybridized carbons (Fsp3) is 0.774. The second-order valence-electron chi connectivity index (χ2n) is 27.0. The van der Waals surface area contributed by atoms with E-state index >= 15 is 0 Å². The minimum absolute atomic E-state index is 0.0556. The molecule has 0 aromatic heterocycles. The number of carbonyl (C=O) groups excluding carboxylic acids is 1. The summed E-state index contributed by atoms with van der Waals surface area (Å²) in [6.07, 6.45) is 26.1.